The zero-order valence-electron chi connectivity index (χ0n) is 22.7. The molecule has 0 saturated carbocycles. The van der Waals surface area contributed by atoms with E-state index in [1.807, 2.05) is 24.0 Å². The van der Waals surface area contributed by atoms with Crippen LogP contribution in [0.2, 0.25) is 0 Å². The van der Waals surface area contributed by atoms with E-state index < -0.39 is 0 Å². The largest absolute Gasteiger partial charge is 0.341 e. The molecule has 2 aromatic rings. The van der Waals surface area contributed by atoms with Crippen molar-refractivity contribution < 1.29 is 18.8 Å². The Morgan fingerprint density at radius 3 is 2.55 bits per heavy atom. The first-order valence-corrected chi connectivity index (χ1v) is 14.5. The Hall–Kier alpha value is -2.65. The third kappa shape index (κ3) is 7.47. The zero-order chi connectivity index (χ0) is 27.2. The average Bonchev–Trinajstić information content (AvgIpc) is 3.26. The lowest BCUT2D eigenvalue weighted by Crippen LogP contribution is -2.50. The molecule has 206 valence electrons. The number of amides is 2. The van der Waals surface area contributed by atoms with Crippen molar-refractivity contribution in [1.82, 2.24) is 20.1 Å². The number of rotatable bonds is 9. The highest BCUT2D eigenvalue weighted by molar-refractivity contribution is 7.13. The normalized spacial score (nSPS) is 22.3. The van der Waals surface area contributed by atoms with Gasteiger partial charge in [0, 0.05) is 46.6 Å². The van der Waals surface area contributed by atoms with E-state index >= 15 is 0 Å². The molecular formula is C29H39FN4O3S. The predicted molar refractivity (Wildman–Crippen MR) is 147 cm³/mol. The number of ketones is 2. The van der Waals surface area contributed by atoms with E-state index in [0.29, 0.717) is 46.9 Å². The lowest BCUT2D eigenvalue weighted by Gasteiger charge is -2.42. The van der Waals surface area contributed by atoms with Crippen molar-refractivity contribution in [2.45, 2.75) is 52.4 Å². The van der Waals surface area contributed by atoms with Crippen molar-refractivity contribution >= 4 is 28.9 Å². The summed E-state index contributed by atoms with van der Waals surface area (Å²) in [6, 6.07) is 6.73. The van der Waals surface area contributed by atoms with Crippen LogP contribution < -0.4 is 5.32 Å². The summed E-state index contributed by atoms with van der Waals surface area (Å²) in [5.74, 6) is 0.826. The number of urea groups is 1. The van der Waals surface area contributed by atoms with Crippen LogP contribution in [-0.4, -0.2) is 72.2 Å². The molecule has 7 nitrogen and oxygen atoms in total. The average molecular weight is 543 g/mol. The summed E-state index contributed by atoms with van der Waals surface area (Å²) >= 11 is 1.31. The molecule has 2 amide bonds. The van der Waals surface area contributed by atoms with E-state index in [2.05, 4.69) is 15.2 Å². The van der Waals surface area contributed by atoms with E-state index in [9.17, 15) is 18.8 Å². The molecule has 0 bridgehead atoms. The number of benzene rings is 1. The molecule has 9 heteroatoms. The Bertz CT molecular complexity index is 1140. The zero-order valence-corrected chi connectivity index (χ0v) is 23.5. The number of aryl methyl sites for hydroxylation is 1. The number of carbonyl (C=O) groups excluding carboxylic acids is 3. The molecule has 38 heavy (non-hydrogen) atoms. The molecule has 0 radical (unpaired) electrons. The summed E-state index contributed by atoms with van der Waals surface area (Å²) in [7, 11) is 1.64. The van der Waals surface area contributed by atoms with E-state index in [1.54, 1.807) is 7.05 Å². The van der Waals surface area contributed by atoms with Gasteiger partial charge >= 0.3 is 6.03 Å². The number of carbonyl (C=O) groups is 3. The molecule has 1 N–H and O–H groups in total. The Labute approximate surface area is 228 Å². The summed E-state index contributed by atoms with van der Waals surface area (Å²) < 4.78 is 13.3. The molecule has 2 saturated heterocycles. The number of nitrogens with one attached hydrogen (secondary N) is 1. The molecular weight excluding hydrogens is 503 g/mol. The van der Waals surface area contributed by atoms with Gasteiger partial charge in [-0.15, -0.1) is 11.3 Å². The van der Waals surface area contributed by atoms with Crippen LogP contribution in [0.5, 0.6) is 0 Å². The van der Waals surface area contributed by atoms with Crippen molar-refractivity contribution in [3.63, 3.8) is 0 Å². The maximum Gasteiger partial charge on any atom is 0.317 e. The molecule has 0 spiro atoms. The lowest BCUT2D eigenvalue weighted by atomic mass is 9.80. The van der Waals surface area contributed by atoms with Crippen LogP contribution in [0.3, 0.4) is 0 Å². The monoisotopic (exact) mass is 542 g/mol. The van der Waals surface area contributed by atoms with Crippen molar-refractivity contribution in [2.75, 3.05) is 39.8 Å². The number of thiazole rings is 1. The van der Waals surface area contributed by atoms with Crippen molar-refractivity contribution in [3.8, 4) is 0 Å². The number of aromatic nitrogens is 1. The van der Waals surface area contributed by atoms with E-state index in [-0.39, 0.29) is 35.8 Å². The van der Waals surface area contributed by atoms with Crippen LogP contribution in [-0.2, 0) is 17.6 Å². The van der Waals surface area contributed by atoms with Gasteiger partial charge in [-0.2, -0.15) is 0 Å². The van der Waals surface area contributed by atoms with Crippen LogP contribution in [0.15, 0.2) is 24.3 Å². The van der Waals surface area contributed by atoms with Crippen LogP contribution in [0.1, 0.15) is 58.5 Å². The summed E-state index contributed by atoms with van der Waals surface area (Å²) in [5, 5.41) is 3.41. The van der Waals surface area contributed by atoms with E-state index in [4.69, 9.17) is 0 Å². The molecule has 0 aliphatic carbocycles. The second-order valence-corrected chi connectivity index (χ2v) is 12.0. The Morgan fingerprint density at radius 1 is 1.11 bits per heavy atom. The first-order chi connectivity index (χ1) is 18.2. The van der Waals surface area contributed by atoms with Crippen LogP contribution >= 0.6 is 11.3 Å². The molecule has 0 unspecified atom stereocenters. The van der Waals surface area contributed by atoms with Crippen molar-refractivity contribution in [2.24, 2.45) is 17.8 Å². The topological polar surface area (TPSA) is 82.6 Å². The minimum atomic E-state index is -0.202. The molecule has 1 aromatic carbocycles. The molecule has 3 heterocycles. The minimum absolute atomic E-state index is 0.0217. The van der Waals surface area contributed by atoms with Crippen LogP contribution in [0.4, 0.5) is 9.18 Å². The Morgan fingerprint density at radius 2 is 1.87 bits per heavy atom. The molecule has 4 rings (SSSR count). The van der Waals surface area contributed by atoms with E-state index in [0.717, 1.165) is 38.9 Å². The number of likely N-dealkylation sites (tertiary alicyclic amines) is 2. The summed E-state index contributed by atoms with van der Waals surface area (Å²) in [4.78, 5) is 46.8. The standard InChI is InChI=1S/C29H39FN4O3S/c1-19-28(20(2)35)38-27(32-19)15-26(36)14-24-18-34(29(37)31-3)12-10-23(24)17-33-11-4-5-22(16-33)13-21-6-8-25(30)9-7-21/h6-9,22-24H,4-5,10-18H2,1-3H3,(H,31,37)/t22-,23-,24+/m0/s1. The Balaban J connectivity index is 1.39. The van der Waals surface area contributed by atoms with Gasteiger partial charge in [-0.05, 0) is 74.6 Å². The third-order valence-electron chi connectivity index (χ3n) is 7.92. The number of nitrogens with zero attached hydrogens (tertiary/aromatic N) is 3. The number of Topliss-reactive ketones (excluding diaryl/α,β-unsaturated/α-hetero) is 2. The predicted octanol–water partition coefficient (Wildman–Crippen LogP) is 4.53. The van der Waals surface area contributed by atoms with Gasteiger partial charge in [0.1, 0.15) is 16.6 Å². The smallest absolute Gasteiger partial charge is 0.317 e. The van der Waals surface area contributed by atoms with Crippen molar-refractivity contribution in [3.05, 3.63) is 51.2 Å². The van der Waals surface area contributed by atoms with Gasteiger partial charge < -0.3 is 15.1 Å². The molecule has 3 atom stereocenters. The lowest BCUT2D eigenvalue weighted by molar-refractivity contribution is -0.120. The van der Waals surface area contributed by atoms with Crippen LogP contribution in [0, 0.1) is 30.5 Å². The summed E-state index contributed by atoms with van der Waals surface area (Å²) in [6.45, 7) is 7.55. The van der Waals surface area contributed by atoms with E-state index in [1.165, 1.54) is 42.4 Å². The fourth-order valence-corrected chi connectivity index (χ4v) is 7.04. The maximum absolute atomic E-state index is 13.3. The molecule has 2 aliphatic rings. The van der Waals surface area contributed by atoms with Gasteiger partial charge in [-0.1, -0.05) is 12.1 Å². The molecule has 2 aliphatic heterocycles. The quantitative estimate of drug-likeness (QED) is 0.471. The van der Waals surface area contributed by atoms with Gasteiger partial charge in [0.2, 0.25) is 0 Å². The summed E-state index contributed by atoms with van der Waals surface area (Å²) in [5.41, 5.74) is 1.86. The summed E-state index contributed by atoms with van der Waals surface area (Å²) in [6.07, 6.45) is 4.75. The fourth-order valence-electron chi connectivity index (χ4n) is 6.05. The molecule has 1 aromatic heterocycles. The SMILES string of the molecule is CNC(=O)N1CC[C@@H](CN2CCC[C@@H](Cc3ccc(F)cc3)C2)[C@H](CC(=O)Cc2nc(C)c(C(C)=O)s2)C1. The highest BCUT2D eigenvalue weighted by Gasteiger charge is 2.34. The van der Waals surface area contributed by atoms with Gasteiger partial charge in [0.15, 0.2) is 5.78 Å². The van der Waals surface area contributed by atoms with Gasteiger partial charge in [-0.3, -0.25) is 9.59 Å². The third-order valence-corrected chi connectivity index (χ3v) is 9.18. The van der Waals surface area contributed by atoms with Crippen LogP contribution in [0.25, 0.3) is 0 Å². The Kier molecular flexibility index (Phi) is 9.65. The van der Waals surface area contributed by atoms with Crippen molar-refractivity contribution in [1.29, 1.82) is 0 Å². The maximum atomic E-state index is 13.3. The first kappa shape index (κ1) is 28.4. The number of halogens is 1. The number of piperidine rings is 2. The van der Waals surface area contributed by atoms with Gasteiger partial charge in [0.05, 0.1) is 17.0 Å². The van der Waals surface area contributed by atoms with Gasteiger partial charge in [-0.25, -0.2) is 14.2 Å². The number of hydrogen-bond acceptors (Lipinski definition) is 6. The minimum Gasteiger partial charge on any atom is -0.341 e. The molecule has 2 fully saturated rings. The first-order valence-electron chi connectivity index (χ1n) is 13.6. The van der Waals surface area contributed by atoms with Gasteiger partial charge in [0.25, 0.3) is 0 Å². The highest BCUT2D eigenvalue weighted by atomic mass is 32.1. The number of hydrogen-bond donors (Lipinski definition) is 1. The fraction of sp³-hybridized carbons (Fsp3) is 0.586. The second-order valence-electron chi connectivity index (χ2n) is 10.9. The highest BCUT2D eigenvalue weighted by Crippen LogP contribution is 2.31. The second kappa shape index (κ2) is 12.9.